The Morgan fingerprint density at radius 2 is 2.11 bits per heavy atom. The van der Waals surface area contributed by atoms with Crippen LogP contribution < -0.4 is 5.32 Å². The molecule has 1 aliphatic carbocycles. The average molecular weight is 398 g/mol. The van der Waals surface area contributed by atoms with E-state index in [1.807, 2.05) is 16.8 Å². The van der Waals surface area contributed by atoms with Gasteiger partial charge in [-0.15, -0.1) is 12.3 Å². The molecule has 1 amide bonds. The second kappa shape index (κ2) is 7.84. The van der Waals surface area contributed by atoms with Gasteiger partial charge in [-0.3, -0.25) is 4.79 Å². The maximum Gasteiger partial charge on any atom is 0.252 e. The fourth-order valence-electron chi connectivity index (χ4n) is 3.79. The second-order valence-corrected chi connectivity index (χ2v) is 8.29. The van der Waals surface area contributed by atoms with Gasteiger partial charge >= 0.3 is 0 Å². The van der Waals surface area contributed by atoms with Crippen LogP contribution >= 0.6 is 11.3 Å². The number of aromatic nitrogens is 2. The Kier molecular flexibility index (Phi) is 5.27. The molecule has 2 aromatic heterocycles. The van der Waals surface area contributed by atoms with Gasteiger partial charge in [0.05, 0.1) is 0 Å². The molecular weight excluding hydrogens is 374 g/mol. The molecule has 146 valence electrons. The molecule has 0 bridgehead atoms. The van der Waals surface area contributed by atoms with Crippen molar-refractivity contribution in [1.82, 2.24) is 15.5 Å². The summed E-state index contributed by atoms with van der Waals surface area (Å²) in [6.45, 7) is 0. The van der Waals surface area contributed by atoms with Gasteiger partial charge in [-0.1, -0.05) is 24.4 Å². The van der Waals surface area contributed by atoms with Crippen molar-refractivity contribution in [2.75, 3.05) is 0 Å². The summed E-state index contributed by atoms with van der Waals surface area (Å²) in [5.74, 6) is 3.65. The van der Waals surface area contributed by atoms with Crippen LogP contribution in [0.5, 0.6) is 0 Å². The lowest BCUT2D eigenvalue weighted by Crippen LogP contribution is -2.47. The Balaban J connectivity index is 1.44. The molecule has 0 atom stereocenters. The molecule has 1 fully saturated rings. The number of carbonyl (C=O) groups is 1. The molecule has 1 aliphatic heterocycles. The number of nitrogens with one attached hydrogen (secondary N) is 1. The maximum absolute atomic E-state index is 12.8. The second-order valence-electron chi connectivity index (χ2n) is 7.51. The van der Waals surface area contributed by atoms with Crippen LogP contribution in [-0.2, 0) is 10.3 Å². The first kappa shape index (κ1) is 18.8. The van der Waals surface area contributed by atoms with Crippen LogP contribution in [0, 0.1) is 12.3 Å². The molecule has 2 aliphatic rings. The van der Waals surface area contributed by atoms with Crippen molar-refractivity contribution >= 4 is 17.2 Å². The van der Waals surface area contributed by atoms with Crippen LogP contribution in [0.25, 0.3) is 11.4 Å². The summed E-state index contributed by atoms with van der Waals surface area (Å²) < 4.78 is 5.61. The Morgan fingerprint density at radius 3 is 2.79 bits per heavy atom. The normalized spacial score (nSPS) is 19.1. The standard InChI is InChI=1S/C20H23N5O2S/c1-2-3-11-20(24-25-20)12-7-16(26)22-19(9-5-4-6-10-19)18-21-17(23-27-18)15-8-13-28-14-15/h1,8,13-14H,3-7,9-12H2,(H,22,26). The summed E-state index contributed by atoms with van der Waals surface area (Å²) in [7, 11) is 0. The van der Waals surface area contributed by atoms with Crippen LogP contribution in [0.4, 0.5) is 0 Å². The molecule has 1 saturated carbocycles. The fraction of sp³-hybridized carbons (Fsp3) is 0.550. The van der Waals surface area contributed by atoms with Gasteiger partial charge in [0.25, 0.3) is 5.89 Å². The van der Waals surface area contributed by atoms with Gasteiger partial charge in [-0.2, -0.15) is 26.5 Å². The van der Waals surface area contributed by atoms with E-state index in [9.17, 15) is 4.79 Å². The minimum absolute atomic E-state index is 0.0328. The summed E-state index contributed by atoms with van der Waals surface area (Å²) in [6, 6.07) is 1.96. The van der Waals surface area contributed by atoms with Gasteiger partial charge in [0.2, 0.25) is 11.7 Å². The average Bonchev–Trinajstić information content (AvgIpc) is 3.11. The summed E-state index contributed by atoms with van der Waals surface area (Å²) in [6.07, 6.45) is 12.4. The van der Waals surface area contributed by atoms with E-state index in [4.69, 9.17) is 10.9 Å². The Morgan fingerprint density at radius 1 is 1.29 bits per heavy atom. The van der Waals surface area contributed by atoms with Gasteiger partial charge in [0, 0.05) is 36.6 Å². The number of hydrogen-bond acceptors (Lipinski definition) is 7. The van der Waals surface area contributed by atoms with E-state index in [-0.39, 0.29) is 5.91 Å². The Hall–Kier alpha value is -2.53. The van der Waals surface area contributed by atoms with Gasteiger partial charge in [0.15, 0.2) is 5.66 Å². The van der Waals surface area contributed by atoms with Crippen LogP contribution in [0.1, 0.15) is 63.7 Å². The van der Waals surface area contributed by atoms with Gasteiger partial charge < -0.3 is 9.84 Å². The molecular formula is C20H23N5O2S. The number of nitrogens with zero attached hydrogens (tertiary/aromatic N) is 4. The molecule has 1 N–H and O–H groups in total. The topological polar surface area (TPSA) is 92.7 Å². The van der Waals surface area contributed by atoms with Crippen molar-refractivity contribution in [2.45, 2.75) is 69.0 Å². The third-order valence-corrected chi connectivity index (χ3v) is 6.19. The van der Waals surface area contributed by atoms with E-state index in [1.165, 1.54) is 0 Å². The SMILES string of the molecule is C#CCCC1(CCC(=O)NC2(c3nc(-c4ccsc4)no3)CCCCC2)N=N1. The van der Waals surface area contributed by atoms with E-state index in [1.54, 1.807) is 11.3 Å². The van der Waals surface area contributed by atoms with Gasteiger partial charge in [-0.25, -0.2) is 0 Å². The zero-order valence-electron chi connectivity index (χ0n) is 15.7. The number of amides is 1. The number of carbonyl (C=O) groups excluding carboxylic acids is 1. The molecule has 4 rings (SSSR count). The monoisotopic (exact) mass is 397 g/mol. The molecule has 0 spiro atoms. The molecule has 0 radical (unpaired) electrons. The highest BCUT2D eigenvalue weighted by molar-refractivity contribution is 7.08. The third-order valence-electron chi connectivity index (χ3n) is 5.51. The van der Waals surface area contributed by atoms with E-state index < -0.39 is 11.2 Å². The van der Waals surface area contributed by atoms with Gasteiger partial charge in [-0.05, 0) is 24.3 Å². The van der Waals surface area contributed by atoms with Crippen molar-refractivity contribution in [2.24, 2.45) is 10.2 Å². The van der Waals surface area contributed by atoms with Crippen LogP contribution in [0.15, 0.2) is 31.6 Å². The molecule has 2 aromatic rings. The van der Waals surface area contributed by atoms with Crippen molar-refractivity contribution in [3.8, 4) is 23.7 Å². The van der Waals surface area contributed by atoms with Crippen LogP contribution in [-0.4, -0.2) is 21.7 Å². The van der Waals surface area contributed by atoms with Crippen molar-refractivity contribution < 1.29 is 9.32 Å². The van der Waals surface area contributed by atoms with E-state index in [2.05, 4.69) is 31.6 Å². The van der Waals surface area contributed by atoms with E-state index >= 15 is 0 Å². The molecule has 3 heterocycles. The quantitative estimate of drug-likeness (QED) is 0.667. The van der Waals surface area contributed by atoms with E-state index in [0.29, 0.717) is 37.4 Å². The Bertz CT molecular complexity index is 884. The van der Waals surface area contributed by atoms with Gasteiger partial charge in [0.1, 0.15) is 5.54 Å². The minimum Gasteiger partial charge on any atom is -0.342 e. The summed E-state index contributed by atoms with van der Waals surface area (Å²) in [4.78, 5) is 17.4. The number of thiophene rings is 1. The van der Waals surface area contributed by atoms with Crippen molar-refractivity contribution in [1.29, 1.82) is 0 Å². The maximum atomic E-state index is 12.8. The third kappa shape index (κ3) is 3.99. The number of rotatable bonds is 8. The lowest BCUT2D eigenvalue weighted by atomic mass is 9.81. The molecule has 0 unspecified atom stereocenters. The summed E-state index contributed by atoms with van der Waals surface area (Å²) in [5, 5.41) is 19.5. The lowest BCUT2D eigenvalue weighted by Gasteiger charge is -2.34. The smallest absolute Gasteiger partial charge is 0.252 e. The lowest BCUT2D eigenvalue weighted by molar-refractivity contribution is -0.124. The first-order chi connectivity index (χ1) is 13.6. The Labute approximate surface area is 168 Å². The fourth-order valence-corrected chi connectivity index (χ4v) is 4.42. The first-order valence-electron chi connectivity index (χ1n) is 9.70. The van der Waals surface area contributed by atoms with Crippen molar-refractivity contribution in [3.63, 3.8) is 0 Å². The summed E-state index contributed by atoms with van der Waals surface area (Å²) >= 11 is 1.59. The molecule has 28 heavy (non-hydrogen) atoms. The first-order valence-corrected chi connectivity index (χ1v) is 10.6. The molecule has 7 nitrogen and oxygen atoms in total. The molecule has 0 saturated heterocycles. The van der Waals surface area contributed by atoms with Crippen LogP contribution in [0.3, 0.4) is 0 Å². The highest BCUT2D eigenvalue weighted by atomic mass is 32.1. The molecule has 8 heteroatoms. The number of hydrogen-bond donors (Lipinski definition) is 1. The van der Waals surface area contributed by atoms with Crippen molar-refractivity contribution in [3.05, 3.63) is 22.7 Å². The highest BCUT2D eigenvalue weighted by Crippen LogP contribution is 2.39. The summed E-state index contributed by atoms with van der Waals surface area (Å²) in [5.41, 5.74) is -0.0924. The van der Waals surface area contributed by atoms with Crippen LogP contribution in [0.2, 0.25) is 0 Å². The number of terminal acetylenes is 1. The highest BCUT2D eigenvalue weighted by Gasteiger charge is 2.43. The molecule has 0 aromatic carbocycles. The zero-order chi connectivity index (χ0) is 19.5. The largest absolute Gasteiger partial charge is 0.342 e. The predicted octanol–water partition coefficient (Wildman–Crippen LogP) is 4.43. The predicted molar refractivity (Wildman–Crippen MR) is 105 cm³/mol. The zero-order valence-corrected chi connectivity index (χ0v) is 16.5. The minimum atomic E-state index is -0.583. The van der Waals surface area contributed by atoms with E-state index in [0.717, 1.165) is 37.7 Å².